The number of rotatable bonds is 4. The average molecular weight is 433 g/mol. The Morgan fingerprint density at radius 1 is 0.690 bits per heavy atom. The molecule has 2 aliphatic carbocycles. The molecule has 1 amide bonds. The van der Waals surface area contributed by atoms with E-state index in [-0.39, 0.29) is 12.5 Å². The van der Waals surface area contributed by atoms with E-state index >= 15 is 0 Å². The van der Waals surface area contributed by atoms with Gasteiger partial charge in [-0.3, -0.25) is 4.79 Å². The van der Waals surface area contributed by atoms with Gasteiger partial charge in [-0.05, 0) is 51.4 Å². The molecule has 2 N–H and O–H groups in total. The van der Waals surface area contributed by atoms with Crippen LogP contribution < -0.4 is 10.6 Å². The molecule has 0 aromatic carbocycles. The maximum Gasteiger partial charge on any atom is 0.245 e. The second-order valence-electron chi connectivity index (χ2n) is 8.22. The number of hydrogen-bond acceptors (Lipinski definition) is 6. The summed E-state index contributed by atoms with van der Waals surface area (Å²) in [6.45, 7) is 0.247. The van der Waals surface area contributed by atoms with Gasteiger partial charge in [-0.15, -0.1) is 22.7 Å². The average Bonchev–Trinajstić information content (AvgIpc) is 3.29. The van der Waals surface area contributed by atoms with E-state index < -0.39 is 0 Å². The number of carbonyl (C=O) groups excluding carboxylic acids is 1. The first-order chi connectivity index (χ1) is 14.3. The van der Waals surface area contributed by atoms with Gasteiger partial charge in [0, 0.05) is 9.75 Å². The molecule has 2 aromatic heterocycles. The first-order valence-electron chi connectivity index (χ1n) is 11.3. The highest BCUT2D eigenvalue weighted by Crippen LogP contribution is 2.30. The zero-order valence-electron chi connectivity index (χ0n) is 17.2. The van der Waals surface area contributed by atoms with Crippen molar-refractivity contribution in [1.29, 1.82) is 0 Å². The lowest BCUT2D eigenvalue weighted by molar-refractivity contribution is -0.114. The minimum Gasteiger partial charge on any atom is -0.352 e. The molecule has 0 radical (unpaired) electrons. The molecular weight excluding hydrogens is 400 g/mol. The molecule has 0 aliphatic heterocycles. The van der Waals surface area contributed by atoms with E-state index in [0.29, 0.717) is 0 Å². The summed E-state index contributed by atoms with van der Waals surface area (Å²) in [6.07, 6.45) is 17.3. The van der Waals surface area contributed by atoms with Crippen molar-refractivity contribution in [2.45, 2.75) is 89.9 Å². The minimum atomic E-state index is -0.0389. The number of amides is 1. The highest BCUT2D eigenvalue weighted by molar-refractivity contribution is 7.16. The largest absolute Gasteiger partial charge is 0.352 e. The van der Waals surface area contributed by atoms with E-state index in [1.807, 2.05) is 0 Å². The third kappa shape index (κ3) is 6.01. The van der Waals surface area contributed by atoms with Crippen molar-refractivity contribution in [1.82, 2.24) is 9.97 Å². The molecule has 2 heterocycles. The van der Waals surface area contributed by atoms with Crippen LogP contribution in [0.15, 0.2) is 0 Å². The lowest BCUT2D eigenvalue weighted by Gasteiger charge is -2.06. The number of nitrogens with zero attached hydrogens (tertiary/aromatic N) is 2. The molecule has 0 saturated heterocycles. The van der Waals surface area contributed by atoms with E-state index in [1.54, 1.807) is 22.7 Å². The predicted octanol–water partition coefficient (Wildman–Crippen LogP) is 5.75. The summed E-state index contributed by atoms with van der Waals surface area (Å²) in [6, 6.07) is 0. The van der Waals surface area contributed by atoms with Gasteiger partial charge in [0.15, 0.2) is 10.3 Å². The van der Waals surface area contributed by atoms with Gasteiger partial charge in [0.05, 0.1) is 17.9 Å². The summed E-state index contributed by atoms with van der Waals surface area (Å²) in [5.41, 5.74) is 2.44. The number of carbonyl (C=O) groups is 1. The van der Waals surface area contributed by atoms with Crippen LogP contribution in [0.4, 0.5) is 10.3 Å². The second-order valence-corrected chi connectivity index (χ2v) is 10.4. The first-order valence-corrected chi connectivity index (χ1v) is 12.9. The summed E-state index contributed by atoms with van der Waals surface area (Å²) >= 11 is 3.38. The van der Waals surface area contributed by atoms with Crippen LogP contribution in [0.5, 0.6) is 0 Å². The van der Waals surface area contributed by atoms with Gasteiger partial charge >= 0.3 is 0 Å². The van der Waals surface area contributed by atoms with E-state index in [0.717, 1.165) is 35.9 Å². The first kappa shape index (κ1) is 20.8. The Morgan fingerprint density at radius 2 is 1.17 bits per heavy atom. The van der Waals surface area contributed by atoms with Gasteiger partial charge in [-0.2, -0.15) is 0 Å². The SMILES string of the molecule is O=C(CNc1nc2c(s1)CCCC2)Nc1nc2c(s1)CCCCCCCCCC2. The fraction of sp³-hybridized carbons (Fsp3) is 0.682. The number of fused-ring (bicyclic) bond motifs is 2. The molecule has 5 nitrogen and oxygen atoms in total. The lowest BCUT2D eigenvalue weighted by atomic mass is 10.0. The van der Waals surface area contributed by atoms with Crippen LogP contribution in [-0.4, -0.2) is 22.4 Å². The fourth-order valence-electron chi connectivity index (χ4n) is 4.21. The highest BCUT2D eigenvalue weighted by atomic mass is 32.1. The lowest BCUT2D eigenvalue weighted by Crippen LogP contribution is -2.21. The van der Waals surface area contributed by atoms with Gasteiger partial charge in [0.2, 0.25) is 5.91 Å². The molecule has 0 fully saturated rings. The third-order valence-electron chi connectivity index (χ3n) is 5.84. The summed E-state index contributed by atoms with van der Waals surface area (Å²) in [7, 11) is 0. The van der Waals surface area contributed by atoms with Crippen LogP contribution >= 0.6 is 22.7 Å². The molecular formula is C22H32N4OS2. The van der Waals surface area contributed by atoms with E-state index in [1.165, 1.54) is 85.4 Å². The van der Waals surface area contributed by atoms with Gasteiger partial charge in [0.25, 0.3) is 0 Å². The quantitative estimate of drug-likeness (QED) is 0.646. The predicted molar refractivity (Wildman–Crippen MR) is 122 cm³/mol. The van der Waals surface area contributed by atoms with Crippen LogP contribution in [0.1, 0.15) is 85.4 Å². The number of hydrogen-bond donors (Lipinski definition) is 2. The standard InChI is InChI=1S/C22H32N4OS2/c27-20(15-23-21-24-16-12-9-10-14-18(16)28-21)26-22-25-17-11-7-5-3-1-2-4-6-8-13-19(17)29-22/h1-15H2,(H,23,24)(H,25,26,27). The Morgan fingerprint density at radius 3 is 1.86 bits per heavy atom. The van der Waals surface area contributed by atoms with Crippen molar-refractivity contribution < 1.29 is 4.79 Å². The normalized spacial score (nSPS) is 18.1. The Hall–Kier alpha value is -1.47. The minimum absolute atomic E-state index is 0.0389. The van der Waals surface area contributed by atoms with Crippen LogP contribution in [-0.2, 0) is 30.5 Å². The van der Waals surface area contributed by atoms with Gasteiger partial charge in [0.1, 0.15) is 0 Å². The molecule has 0 atom stereocenters. The van der Waals surface area contributed by atoms with Gasteiger partial charge in [-0.25, -0.2) is 9.97 Å². The summed E-state index contributed by atoms with van der Waals surface area (Å²) < 4.78 is 0. The van der Waals surface area contributed by atoms with E-state index in [4.69, 9.17) is 4.98 Å². The number of nitrogens with one attached hydrogen (secondary N) is 2. The van der Waals surface area contributed by atoms with Crippen molar-refractivity contribution in [2.75, 3.05) is 17.2 Å². The van der Waals surface area contributed by atoms with Crippen molar-refractivity contribution >= 4 is 38.8 Å². The van der Waals surface area contributed by atoms with Gasteiger partial charge in [-0.1, -0.05) is 38.5 Å². The molecule has 0 saturated carbocycles. The monoisotopic (exact) mass is 432 g/mol. The van der Waals surface area contributed by atoms with Crippen LogP contribution in [0.3, 0.4) is 0 Å². The topological polar surface area (TPSA) is 66.9 Å². The Balaban J connectivity index is 1.31. The number of thiazole rings is 2. The summed E-state index contributed by atoms with van der Waals surface area (Å²) in [5, 5.41) is 7.85. The molecule has 2 aliphatic rings. The number of aryl methyl sites for hydroxylation is 4. The van der Waals surface area contributed by atoms with E-state index in [9.17, 15) is 4.79 Å². The summed E-state index contributed by atoms with van der Waals surface area (Å²) in [4.78, 5) is 24.6. The Bertz CT molecular complexity index is 761. The maximum absolute atomic E-state index is 12.4. The smallest absolute Gasteiger partial charge is 0.245 e. The molecule has 158 valence electrons. The van der Waals surface area contributed by atoms with Crippen LogP contribution in [0.25, 0.3) is 0 Å². The second kappa shape index (κ2) is 10.5. The van der Waals surface area contributed by atoms with Crippen LogP contribution in [0.2, 0.25) is 0 Å². The van der Waals surface area contributed by atoms with E-state index in [2.05, 4.69) is 15.6 Å². The number of anilines is 2. The molecule has 0 unspecified atom stereocenters. The van der Waals surface area contributed by atoms with Crippen molar-refractivity contribution in [3.8, 4) is 0 Å². The summed E-state index contributed by atoms with van der Waals surface area (Å²) in [5.74, 6) is -0.0389. The molecule has 7 heteroatoms. The molecule has 4 rings (SSSR count). The molecule has 0 bridgehead atoms. The number of aromatic nitrogens is 2. The van der Waals surface area contributed by atoms with Gasteiger partial charge < -0.3 is 10.6 Å². The highest BCUT2D eigenvalue weighted by Gasteiger charge is 2.17. The van der Waals surface area contributed by atoms with Crippen molar-refractivity contribution in [3.05, 3.63) is 21.1 Å². The van der Waals surface area contributed by atoms with Crippen LogP contribution in [0, 0.1) is 0 Å². The molecule has 29 heavy (non-hydrogen) atoms. The van der Waals surface area contributed by atoms with Crippen molar-refractivity contribution in [3.63, 3.8) is 0 Å². The Kier molecular flexibility index (Phi) is 7.55. The van der Waals surface area contributed by atoms with Crippen molar-refractivity contribution in [2.24, 2.45) is 0 Å². The third-order valence-corrected chi connectivity index (χ3v) is 8.03. The zero-order valence-corrected chi connectivity index (χ0v) is 18.9. The molecule has 0 spiro atoms. The fourth-order valence-corrected chi connectivity index (χ4v) is 6.32. The Labute approximate surface area is 181 Å². The maximum atomic E-state index is 12.4. The zero-order chi connectivity index (χ0) is 19.9. The molecule has 2 aromatic rings.